The highest BCUT2D eigenvalue weighted by Crippen LogP contribution is 2.30. The van der Waals surface area contributed by atoms with Crippen molar-refractivity contribution in [1.82, 2.24) is 14.5 Å². The molecule has 0 saturated carbocycles. The number of aromatic amines is 1. The van der Waals surface area contributed by atoms with Gasteiger partial charge in [0, 0.05) is 18.0 Å². The summed E-state index contributed by atoms with van der Waals surface area (Å²) in [6.07, 6.45) is 0.237. The van der Waals surface area contributed by atoms with Crippen LogP contribution in [-0.2, 0) is 13.1 Å². The number of aromatic nitrogens is 2. The molecule has 1 saturated heterocycles. The average Bonchev–Trinajstić information content (AvgIpc) is 3.40. The molecule has 212 valence electrons. The summed E-state index contributed by atoms with van der Waals surface area (Å²) in [5.41, 5.74) is -0.873. The van der Waals surface area contributed by atoms with Gasteiger partial charge in [0.25, 0.3) is 0 Å². The van der Waals surface area contributed by atoms with Crippen molar-refractivity contribution >= 4 is 34.3 Å². The van der Waals surface area contributed by atoms with E-state index in [4.69, 9.17) is 11.6 Å². The molecule has 38 heavy (non-hydrogen) atoms. The van der Waals surface area contributed by atoms with E-state index in [1.165, 1.54) is 20.2 Å². The van der Waals surface area contributed by atoms with E-state index in [0.717, 1.165) is 48.7 Å². The summed E-state index contributed by atoms with van der Waals surface area (Å²) in [6, 6.07) is 7.54. The highest BCUT2D eigenvalue weighted by atomic mass is 35.5. The van der Waals surface area contributed by atoms with Crippen molar-refractivity contribution in [1.29, 1.82) is 0 Å². The smallest absolute Gasteiger partial charge is 0.315 e. The van der Waals surface area contributed by atoms with Crippen LogP contribution in [0.1, 0.15) is 65.0 Å². The standard InChI is InChI=1S/C25H29ClF3N3O2.C2H6.CH3Cl/c1-4-16(2)20(25(27,28)29)13-21-22(17(3)26)30-23(33)24(34)32(21)15-19-9-7-8-18(12-19)14-31-10-5-6-11-31;2*1-2/h7-9,12-13H,4-6,10-11,14-15H2,1-3H3,(H,30,33);1-2H3;1H3/b20-16-,21-13+,22-17-;;. The first-order chi connectivity index (χ1) is 18.0. The van der Waals surface area contributed by atoms with Crippen LogP contribution >= 0.6 is 23.2 Å². The number of alkyl halides is 4. The van der Waals surface area contributed by atoms with Crippen LogP contribution in [-0.4, -0.2) is 40.1 Å². The Kier molecular flexibility index (Phi) is 14.2. The molecule has 1 fully saturated rings. The lowest BCUT2D eigenvalue weighted by atomic mass is 10.1. The Balaban J connectivity index is 0.00000172. The molecule has 5 nitrogen and oxygen atoms in total. The molecule has 0 bridgehead atoms. The first-order valence-electron chi connectivity index (χ1n) is 12.7. The Labute approximate surface area is 232 Å². The van der Waals surface area contributed by atoms with Crippen molar-refractivity contribution in [2.75, 3.05) is 19.5 Å². The predicted octanol–water partition coefficient (Wildman–Crippen LogP) is 5.50. The maximum Gasteiger partial charge on any atom is 0.416 e. The van der Waals surface area contributed by atoms with Gasteiger partial charge in [-0.3, -0.25) is 19.1 Å². The summed E-state index contributed by atoms with van der Waals surface area (Å²) < 4.78 is 42.7. The molecule has 0 aliphatic carbocycles. The lowest BCUT2D eigenvalue weighted by Crippen LogP contribution is -2.54. The van der Waals surface area contributed by atoms with Gasteiger partial charge in [0.05, 0.1) is 22.8 Å². The summed E-state index contributed by atoms with van der Waals surface area (Å²) in [7, 11) is 0. The van der Waals surface area contributed by atoms with Gasteiger partial charge in [-0.1, -0.05) is 62.2 Å². The second-order valence-corrected chi connectivity index (χ2v) is 9.20. The summed E-state index contributed by atoms with van der Waals surface area (Å²) in [4.78, 5) is 29.9. The number of benzene rings is 1. The third-order valence-electron chi connectivity index (χ3n) is 6.08. The van der Waals surface area contributed by atoms with Gasteiger partial charge in [0.1, 0.15) is 0 Å². The number of halogens is 5. The normalized spacial score (nSPS) is 15.7. The molecule has 1 aromatic carbocycles. The zero-order valence-electron chi connectivity index (χ0n) is 22.9. The maximum atomic E-state index is 13.9. The first kappa shape index (κ1) is 33.7. The van der Waals surface area contributed by atoms with E-state index < -0.39 is 22.9 Å². The summed E-state index contributed by atoms with van der Waals surface area (Å²) in [6.45, 7) is 11.2. The van der Waals surface area contributed by atoms with E-state index in [1.54, 1.807) is 13.0 Å². The molecule has 1 aliphatic rings. The molecule has 0 spiro atoms. The van der Waals surface area contributed by atoms with Crippen LogP contribution in [0.15, 0.2) is 45.0 Å². The number of rotatable bonds is 6. The Morgan fingerprint density at radius 2 is 1.61 bits per heavy atom. The Morgan fingerprint density at radius 1 is 1.05 bits per heavy atom. The number of nitrogens with one attached hydrogen (secondary N) is 1. The minimum atomic E-state index is -4.63. The average molecular weight is 577 g/mol. The van der Waals surface area contributed by atoms with Crippen molar-refractivity contribution in [3.05, 3.63) is 77.9 Å². The van der Waals surface area contributed by atoms with Gasteiger partial charge in [-0.25, -0.2) is 0 Å². The fourth-order valence-electron chi connectivity index (χ4n) is 4.15. The molecule has 0 unspecified atom stereocenters. The van der Waals surface area contributed by atoms with Crippen molar-refractivity contribution in [3.63, 3.8) is 0 Å². The summed E-state index contributed by atoms with van der Waals surface area (Å²) in [5, 5.41) is -0.0112. The molecule has 2 aromatic rings. The SMILES string of the molecule is CC.CC/C(C)=C(/C=c1\c(=C(/C)Cl)[nH]c(=O)c(=O)n1Cc1cccc(CN2CCCC2)c1)C(F)(F)F.CCl. The first-order valence-corrected chi connectivity index (χ1v) is 13.8. The van der Waals surface area contributed by atoms with Crippen LogP contribution in [0.3, 0.4) is 0 Å². The van der Waals surface area contributed by atoms with E-state index in [1.807, 2.05) is 32.0 Å². The topological polar surface area (TPSA) is 58.1 Å². The fourth-order valence-corrected chi connectivity index (χ4v) is 4.29. The number of allylic oxidation sites excluding steroid dienone is 2. The molecule has 3 rings (SSSR count). The molecule has 1 aliphatic heterocycles. The minimum absolute atomic E-state index is 0.00913. The van der Waals surface area contributed by atoms with Gasteiger partial charge in [-0.05, 0) is 63.4 Å². The van der Waals surface area contributed by atoms with Gasteiger partial charge in [-0.15, -0.1) is 11.6 Å². The molecule has 2 heterocycles. The van der Waals surface area contributed by atoms with E-state index in [2.05, 4.69) is 21.5 Å². The summed E-state index contributed by atoms with van der Waals surface area (Å²) >= 11 is 10.8. The third-order valence-corrected chi connectivity index (χ3v) is 6.27. The summed E-state index contributed by atoms with van der Waals surface area (Å²) in [5.74, 6) is 0. The quantitative estimate of drug-likeness (QED) is 0.365. The third kappa shape index (κ3) is 9.17. The van der Waals surface area contributed by atoms with E-state index in [-0.39, 0.29) is 34.3 Å². The predicted molar refractivity (Wildman–Crippen MR) is 152 cm³/mol. The van der Waals surface area contributed by atoms with Crippen LogP contribution in [0.25, 0.3) is 11.1 Å². The number of hydrogen-bond acceptors (Lipinski definition) is 3. The Hall–Kier alpha value is -2.29. The molecule has 10 heteroatoms. The molecule has 0 amide bonds. The van der Waals surface area contributed by atoms with Gasteiger partial charge >= 0.3 is 17.3 Å². The van der Waals surface area contributed by atoms with Gasteiger partial charge < -0.3 is 4.98 Å². The highest BCUT2D eigenvalue weighted by molar-refractivity contribution is 6.44. The Bertz CT molecular complexity index is 1320. The molecule has 0 radical (unpaired) electrons. The number of likely N-dealkylation sites (tertiary alicyclic amines) is 1. The molecule has 1 N–H and O–H groups in total. The van der Waals surface area contributed by atoms with Gasteiger partial charge in [-0.2, -0.15) is 13.2 Å². The molecule has 1 aromatic heterocycles. The monoisotopic (exact) mass is 575 g/mol. The van der Waals surface area contributed by atoms with E-state index in [0.29, 0.717) is 5.56 Å². The second-order valence-electron chi connectivity index (χ2n) is 8.63. The Morgan fingerprint density at radius 3 is 2.11 bits per heavy atom. The van der Waals surface area contributed by atoms with Crippen LogP contribution in [0.2, 0.25) is 0 Å². The van der Waals surface area contributed by atoms with Crippen molar-refractivity contribution in [2.45, 2.75) is 73.1 Å². The maximum absolute atomic E-state index is 13.9. The lowest BCUT2D eigenvalue weighted by molar-refractivity contribution is -0.0874. The van der Waals surface area contributed by atoms with Gasteiger partial charge in [0.15, 0.2) is 0 Å². The molecular formula is C28H38Cl2F3N3O2. The van der Waals surface area contributed by atoms with Gasteiger partial charge in [0.2, 0.25) is 0 Å². The van der Waals surface area contributed by atoms with E-state index in [9.17, 15) is 22.8 Å². The van der Waals surface area contributed by atoms with Crippen molar-refractivity contribution in [2.24, 2.45) is 0 Å². The van der Waals surface area contributed by atoms with Crippen LogP contribution < -0.4 is 21.8 Å². The zero-order chi connectivity index (χ0) is 29.0. The number of nitrogens with zero attached hydrogens (tertiary/aromatic N) is 2. The molecule has 0 atom stereocenters. The van der Waals surface area contributed by atoms with Crippen LogP contribution in [0, 0.1) is 0 Å². The van der Waals surface area contributed by atoms with Crippen molar-refractivity contribution < 1.29 is 13.2 Å². The highest BCUT2D eigenvalue weighted by Gasteiger charge is 2.33. The van der Waals surface area contributed by atoms with E-state index >= 15 is 0 Å². The van der Waals surface area contributed by atoms with Crippen LogP contribution in [0.5, 0.6) is 0 Å². The lowest BCUT2D eigenvalue weighted by Gasteiger charge is -2.16. The van der Waals surface area contributed by atoms with Crippen LogP contribution in [0.4, 0.5) is 13.2 Å². The fraction of sp³-hybridized carbons (Fsp3) is 0.500. The zero-order valence-corrected chi connectivity index (χ0v) is 24.4. The minimum Gasteiger partial charge on any atom is -0.315 e. The molecular weight excluding hydrogens is 538 g/mol. The largest absolute Gasteiger partial charge is 0.416 e. The number of hydrogen-bond donors (Lipinski definition) is 1. The van der Waals surface area contributed by atoms with Crippen molar-refractivity contribution in [3.8, 4) is 0 Å². The second kappa shape index (κ2) is 16.0. The number of H-pyrrole nitrogens is 1.